The highest BCUT2D eigenvalue weighted by atomic mass is 32.2. The molecule has 1 aliphatic rings. The number of hydrogen-bond acceptors (Lipinski definition) is 3. The average molecular weight is 337 g/mol. The number of thioether (sulfide) groups is 1. The Morgan fingerprint density at radius 3 is 2.70 bits per heavy atom. The van der Waals surface area contributed by atoms with E-state index >= 15 is 0 Å². The van der Waals surface area contributed by atoms with Gasteiger partial charge in [0, 0.05) is 23.6 Å². The second-order valence-corrected chi connectivity index (χ2v) is 6.90. The van der Waals surface area contributed by atoms with Crippen molar-refractivity contribution >= 4 is 23.6 Å². The summed E-state index contributed by atoms with van der Waals surface area (Å²) in [7, 11) is 0. The maximum atomic E-state index is 14.1. The van der Waals surface area contributed by atoms with Gasteiger partial charge in [0.05, 0.1) is 12.1 Å². The number of carboxylic acid groups (broad SMARTS) is 1. The fourth-order valence-corrected chi connectivity index (χ4v) is 3.44. The molecule has 124 valence electrons. The van der Waals surface area contributed by atoms with Crippen molar-refractivity contribution in [3.05, 3.63) is 41.5 Å². The van der Waals surface area contributed by atoms with Gasteiger partial charge in [-0.1, -0.05) is 23.8 Å². The Bertz CT molecular complexity index is 642. The predicted octanol–water partition coefficient (Wildman–Crippen LogP) is 3.38. The number of rotatable bonds is 5. The summed E-state index contributed by atoms with van der Waals surface area (Å²) in [5.41, 5.74) is -0.640. The van der Waals surface area contributed by atoms with E-state index in [2.05, 4.69) is 6.08 Å². The smallest absolute Gasteiger partial charge is 0.343 e. The molecule has 0 radical (unpaired) electrons. The van der Waals surface area contributed by atoms with E-state index in [0.29, 0.717) is 5.56 Å². The first-order valence-corrected chi connectivity index (χ1v) is 8.39. The summed E-state index contributed by atoms with van der Waals surface area (Å²) >= 11 is 1.53. The van der Waals surface area contributed by atoms with E-state index in [0.717, 1.165) is 10.6 Å². The van der Waals surface area contributed by atoms with Crippen LogP contribution in [0.15, 0.2) is 40.8 Å². The molecular weight excluding hydrogens is 317 g/mol. The Balaban J connectivity index is 2.14. The molecule has 23 heavy (non-hydrogen) atoms. The minimum absolute atomic E-state index is 0.120. The Hall–Kier alpha value is -1.82. The number of benzene rings is 1. The lowest BCUT2D eigenvalue weighted by atomic mass is 10.1. The Morgan fingerprint density at radius 2 is 2.09 bits per heavy atom. The minimum Gasteiger partial charge on any atom is -0.479 e. The Labute approximate surface area is 139 Å². The van der Waals surface area contributed by atoms with Crippen LogP contribution in [0.3, 0.4) is 0 Å². The standard InChI is InChI=1S/C17H20FNO3S/c1-12(2)7-10-23-14-6-4-3-5-13(14)15(20)19-9-8-17(18,11-19)16(21)22/h3-7H,8-11H2,1-2H3,(H,21,22). The van der Waals surface area contributed by atoms with Crippen LogP contribution in [0.25, 0.3) is 0 Å². The number of nitrogens with zero attached hydrogens (tertiary/aromatic N) is 1. The molecular formula is C17H20FNO3S. The lowest BCUT2D eigenvalue weighted by Gasteiger charge is -2.19. The number of likely N-dealkylation sites (tertiary alicyclic amines) is 1. The van der Waals surface area contributed by atoms with Gasteiger partial charge in [0.15, 0.2) is 0 Å². The number of alkyl halides is 1. The molecule has 0 bridgehead atoms. The molecule has 1 saturated heterocycles. The van der Waals surface area contributed by atoms with Crippen molar-refractivity contribution in [2.75, 3.05) is 18.8 Å². The van der Waals surface area contributed by atoms with Crippen LogP contribution in [0.5, 0.6) is 0 Å². The van der Waals surface area contributed by atoms with Gasteiger partial charge in [-0.2, -0.15) is 0 Å². The number of aliphatic carboxylic acids is 1. The summed E-state index contributed by atoms with van der Waals surface area (Å²) < 4.78 is 14.1. The zero-order chi connectivity index (χ0) is 17.0. The van der Waals surface area contributed by atoms with Crippen LogP contribution in [0.2, 0.25) is 0 Å². The average Bonchev–Trinajstić information content (AvgIpc) is 2.91. The number of carbonyl (C=O) groups is 2. The van der Waals surface area contributed by atoms with Crippen molar-refractivity contribution in [3.63, 3.8) is 0 Å². The van der Waals surface area contributed by atoms with Crippen molar-refractivity contribution in [2.45, 2.75) is 30.8 Å². The number of hydrogen-bond donors (Lipinski definition) is 1. The number of halogens is 1. The summed E-state index contributed by atoms with van der Waals surface area (Å²) in [5, 5.41) is 8.94. The first-order chi connectivity index (χ1) is 10.8. The Kier molecular flexibility index (Phi) is 5.46. The molecule has 1 heterocycles. The molecule has 1 aromatic carbocycles. The van der Waals surface area contributed by atoms with E-state index in [1.54, 1.807) is 12.1 Å². The van der Waals surface area contributed by atoms with Crippen LogP contribution < -0.4 is 0 Å². The molecule has 1 atom stereocenters. The molecule has 4 nitrogen and oxygen atoms in total. The summed E-state index contributed by atoms with van der Waals surface area (Å²) in [6.45, 7) is 3.74. The van der Waals surface area contributed by atoms with Crippen molar-refractivity contribution in [1.82, 2.24) is 4.90 Å². The maximum absolute atomic E-state index is 14.1. The minimum atomic E-state index is -2.33. The molecule has 1 fully saturated rings. The molecule has 1 N–H and O–H groups in total. The van der Waals surface area contributed by atoms with Gasteiger partial charge in [-0.25, -0.2) is 9.18 Å². The van der Waals surface area contributed by atoms with Gasteiger partial charge < -0.3 is 10.0 Å². The lowest BCUT2D eigenvalue weighted by Crippen LogP contribution is -2.39. The van der Waals surface area contributed by atoms with E-state index in [4.69, 9.17) is 5.11 Å². The van der Waals surface area contributed by atoms with Crippen LogP contribution in [-0.4, -0.2) is 46.4 Å². The van der Waals surface area contributed by atoms with E-state index in [1.165, 1.54) is 22.2 Å². The molecule has 1 unspecified atom stereocenters. The molecule has 0 aliphatic carbocycles. The van der Waals surface area contributed by atoms with Crippen LogP contribution >= 0.6 is 11.8 Å². The van der Waals surface area contributed by atoms with E-state index < -0.39 is 18.2 Å². The van der Waals surface area contributed by atoms with Gasteiger partial charge in [0.1, 0.15) is 0 Å². The number of carboxylic acids is 1. The summed E-state index contributed by atoms with van der Waals surface area (Å²) in [6, 6.07) is 7.16. The fourth-order valence-electron chi connectivity index (χ4n) is 2.36. The largest absolute Gasteiger partial charge is 0.479 e. The third kappa shape index (κ3) is 4.13. The highest BCUT2D eigenvalue weighted by Gasteiger charge is 2.47. The zero-order valence-electron chi connectivity index (χ0n) is 13.2. The SMILES string of the molecule is CC(C)=CCSc1ccccc1C(=O)N1CCC(F)(C(=O)O)C1. The van der Waals surface area contributed by atoms with Crippen molar-refractivity contribution in [3.8, 4) is 0 Å². The molecule has 1 aromatic rings. The predicted molar refractivity (Wildman–Crippen MR) is 88.6 cm³/mol. The van der Waals surface area contributed by atoms with E-state index in [9.17, 15) is 14.0 Å². The van der Waals surface area contributed by atoms with Crippen molar-refractivity contribution in [1.29, 1.82) is 0 Å². The van der Waals surface area contributed by atoms with Crippen LogP contribution in [0.1, 0.15) is 30.6 Å². The van der Waals surface area contributed by atoms with Gasteiger partial charge in [-0.05, 0) is 26.0 Å². The van der Waals surface area contributed by atoms with Crippen LogP contribution in [0, 0.1) is 0 Å². The first-order valence-electron chi connectivity index (χ1n) is 7.40. The van der Waals surface area contributed by atoms with Crippen LogP contribution in [0.4, 0.5) is 4.39 Å². The quantitative estimate of drug-likeness (QED) is 0.661. The molecule has 0 aromatic heterocycles. The second kappa shape index (κ2) is 7.17. The zero-order valence-corrected chi connectivity index (χ0v) is 14.0. The summed E-state index contributed by atoms with van der Waals surface area (Å²) in [4.78, 5) is 25.7. The van der Waals surface area contributed by atoms with Gasteiger partial charge in [-0.15, -0.1) is 11.8 Å². The topological polar surface area (TPSA) is 57.6 Å². The van der Waals surface area contributed by atoms with E-state index in [1.807, 2.05) is 26.0 Å². The highest BCUT2D eigenvalue weighted by Crippen LogP contribution is 2.30. The van der Waals surface area contributed by atoms with Gasteiger partial charge in [0.2, 0.25) is 5.67 Å². The molecule has 2 rings (SSSR count). The van der Waals surface area contributed by atoms with Gasteiger partial charge in [-0.3, -0.25) is 4.79 Å². The Morgan fingerprint density at radius 1 is 1.39 bits per heavy atom. The van der Waals surface area contributed by atoms with Crippen molar-refractivity contribution < 1.29 is 19.1 Å². The fraction of sp³-hybridized carbons (Fsp3) is 0.412. The molecule has 1 amide bonds. The summed E-state index contributed by atoms with van der Waals surface area (Å²) in [5.74, 6) is -1.07. The maximum Gasteiger partial charge on any atom is 0.343 e. The van der Waals surface area contributed by atoms with E-state index in [-0.39, 0.29) is 18.9 Å². The third-order valence-corrected chi connectivity index (χ3v) is 4.74. The summed E-state index contributed by atoms with van der Waals surface area (Å²) in [6.07, 6.45) is 1.90. The van der Waals surface area contributed by atoms with Gasteiger partial charge in [0.25, 0.3) is 5.91 Å². The molecule has 1 aliphatic heterocycles. The third-order valence-electron chi connectivity index (χ3n) is 3.74. The first kappa shape index (κ1) is 17.5. The number of carbonyl (C=O) groups excluding carboxylic acids is 1. The normalized spacial score (nSPS) is 20.4. The lowest BCUT2D eigenvalue weighted by molar-refractivity contribution is -0.149. The number of amides is 1. The monoisotopic (exact) mass is 337 g/mol. The second-order valence-electron chi connectivity index (χ2n) is 5.84. The van der Waals surface area contributed by atoms with Gasteiger partial charge >= 0.3 is 5.97 Å². The highest BCUT2D eigenvalue weighted by molar-refractivity contribution is 7.99. The molecule has 6 heteroatoms. The van der Waals surface area contributed by atoms with Crippen molar-refractivity contribution in [2.24, 2.45) is 0 Å². The molecule has 0 spiro atoms. The van der Waals surface area contributed by atoms with Crippen LogP contribution in [-0.2, 0) is 4.79 Å². The molecule has 0 saturated carbocycles. The number of allylic oxidation sites excluding steroid dienone is 1.